The predicted octanol–water partition coefficient (Wildman–Crippen LogP) is 2.66. The van der Waals surface area contributed by atoms with Crippen LogP contribution >= 0.6 is 0 Å². The van der Waals surface area contributed by atoms with E-state index in [-0.39, 0.29) is 17.6 Å². The molecule has 16 heavy (non-hydrogen) atoms. The zero-order valence-electron chi connectivity index (χ0n) is 8.98. The molecule has 1 aromatic carbocycles. The van der Waals surface area contributed by atoms with E-state index >= 15 is 0 Å². The van der Waals surface area contributed by atoms with Crippen molar-refractivity contribution in [3.63, 3.8) is 0 Å². The molecule has 4 nitrogen and oxygen atoms in total. The Morgan fingerprint density at radius 2 is 2.19 bits per heavy atom. The van der Waals surface area contributed by atoms with Gasteiger partial charge in [-0.3, -0.25) is 0 Å². The second-order valence-electron chi connectivity index (χ2n) is 3.55. The highest BCUT2D eigenvalue weighted by Crippen LogP contribution is 2.25. The lowest BCUT2D eigenvalue weighted by atomic mass is 10.2. The van der Waals surface area contributed by atoms with E-state index < -0.39 is 5.82 Å². The average molecular weight is 222 g/mol. The van der Waals surface area contributed by atoms with E-state index in [1.807, 2.05) is 13.8 Å². The normalized spacial score (nSPS) is 10.8. The molecular formula is C11H11FN2O2. The van der Waals surface area contributed by atoms with Gasteiger partial charge in [-0.15, -0.1) is 10.2 Å². The molecule has 0 fully saturated rings. The number of aromatic nitrogens is 2. The summed E-state index contributed by atoms with van der Waals surface area (Å²) >= 11 is 0. The number of hydrogen-bond donors (Lipinski definition) is 0. The van der Waals surface area contributed by atoms with Gasteiger partial charge in [0.25, 0.3) is 5.89 Å². The van der Waals surface area contributed by atoms with Crippen LogP contribution in [0.1, 0.15) is 13.8 Å². The summed E-state index contributed by atoms with van der Waals surface area (Å²) in [6, 6.07) is 4.43. The maximum Gasteiger partial charge on any atom is 0.250 e. The second kappa shape index (κ2) is 4.30. The van der Waals surface area contributed by atoms with Gasteiger partial charge in [0.1, 0.15) is 11.6 Å². The highest BCUT2D eigenvalue weighted by Gasteiger charge is 2.11. The van der Waals surface area contributed by atoms with Gasteiger partial charge in [-0.2, -0.15) is 0 Å². The van der Waals surface area contributed by atoms with Crippen molar-refractivity contribution in [3.8, 4) is 17.2 Å². The van der Waals surface area contributed by atoms with Gasteiger partial charge in [0.15, 0.2) is 0 Å². The van der Waals surface area contributed by atoms with Gasteiger partial charge in [-0.25, -0.2) is 4.39 Å². The number of hydrogen-bond acceptors (Lipinski definition) is 4. The maximum absolute atomic E-state index is 13.5. The minimum absolute atomic E-state index is 0.0287. The van der Waals surface area contributed by atoms with Crippen LogP contribution in [0.5, 0.6) is 5.75 Å². The largest absolute Gasteiger partial charge is 0.491 e. The van der Waals surface area contributed by atoms with Crippen LogP contribution in [0.25, 0.3) is 11.5 Å². The van der Waals surface area contributed by atoms with E-state index in [1.165, 1.54) is 6.07 Å². The SMILES string of the molecule is CC(C)Oc1ccc(F)c(-c2nnco2)c1. The molecule has 1 aromatic heterocycles. The third kappa shape index (κ3) is 2.18. The Kier molecular flexibility index (Phi) is 2.85. The van der Waals surface area contributed by atoms with Crippen LogP contribution in [0, 0.1) is 5.82 Å². The van der Waals surface area contributed by atoms with Gasteiger partial charge < -0.3 is 9.15 Å². The highest BCUT2D eigenvalue weighted by molar-refractivity contribution is 5.56. The first kappa shape index (κ1) is 10.6. The summed E-state index contributed by atoms with van der Waals surface area (Å²) in [5, 5.41) is 7.16. The van der Waals surface area contributed by atoms with E-state index in [2.05, 4.69) is 10.2 Å². The lowest BCUT2D eigenvalue weighted by Crippen LogP contribution is -2.05. The minimum Gasteiger partial charge on any atom is -0.491 e. The van der Waals surface area contributed by atoms with Crippen LogP contribution in [-0.2, 0) is 0 Å². The molecule has 2 rings (SSSR count). The van der Waals surface area contributed by atoms with Gasteiger partial charge in [-0.05, 0) is 32.0 Å². The Hall–Kier alpha value is -1.91. The van der Waals surface area contributed by atoms with Crippen LogP contribution in [-0.4, -0.2) is 16.3 Å². The molecule has 0 amide bonds. The molecule has 0 spiro atoms. The first-order chi connectivity index (χ1) is 7.66. The molecule has 0 atom stereocenters. The zero-order chi connectivity index (χ0) is 11.5. The van der Waals surface area contributed by atoms with Crippen molar-refractivity contribution >= 4 is 0 Å². The Bertz CT molecular complexity index is 469. The second-order valence-corrected chi connectivity index (χ2v) is 3.55. The third-order valence-corrected chi connectivity index (χ3v) is 1.90. The first-order valence-electron chi connectivity index (χ1n) is 4.89. The Morgan fingerprint density at radius 3 is 2.81 bits per heavy atom. The lowest BCUT2D eigenvalue weighted by Gasteiger charge is -2.10. The van der Waals surface area contributed by atoms with Crippen LogP contribution in [0.15, 0.2) is 29.0 Å². The van der Waals surface area contributed by atoms with E-state index in [1.54, 1.807) is 12.1 Å². The molecule has 0 radical (unpaired) electrons. The van der Waals surface area contributed by atoms with Crippen molar-refractivity contribution in [2.24, 2.45) is 0 Å². The molecule has 0 aliphatic carbocycles. The van der Waals surface area contributed by atoms with Crippen molar-refractivity contribution in [1.29, 1.82) is 0 Å². The van der Waals surface area contributed by atoms with Crippen molar-refractivity contribution in [1.82, 2.24) is 10.2 Å². The van der Waals surface area contributed by atoms with Crippen LogP contribution in [0.3, 0.4) is 0 Å². The Balaban J connectivity index is 2.37. The standard InChI is InChI=1S/C11H11FN2O2/c1-7(2)16-8-3-4-10(12)9(5-8)11-14-13-6-15-11/h3-7H,1-2H3. The topological polar surface area (TPSA) is 48.2 Å². The van der Waals surface area contributed by atoms with E-state index in [0.29, 0.717) is 5.75 Å². The Morgan fingerprint density at radius 1 is 1.38 bits per heavy atom. The Labute approximate surface area is 92.1 Å². The molecule has 0 aliphatic heterocycles. The fourth-order valence-electron chi connectivity index (χ4n) is 1.30. The molecule has 5 heteroatoms. The molecule has 0 aliphatic rings. The number of ether oxygens (including phenoxy) is 1. The van der Waals surface area contributed by atoms with Crippen molar-refractivity contribution in [2.75, 3.05) is 0 Å². The number of benzene rings is 1. The first-order valence-corrected chi connectivity index (χ1v) is 4.89. The number of nitrogens with zero attached hydrogens (tertiary/aromatic N) is 2. The van der Waals surface area contributed by atoms with E-state index in [9.17, 15) is 4.39 Å². The lowest BCUT2D eigenvalue weighted by molar-refractivity contribution is 0.242. The number of rotatable bonds is 3. The van der Waals surface area contributed by atoms with Gasteiger partial charge in [-0.1, -0.05) is 0 Å². The van der Waals surface area contributed by atoms with Gasteiger partial charge >= 0.3 is 0 Å². The van der Waals surface area contributed by atoms with E-state index in [4.69, 9.17) is 9.15 Å². The fourth-order valence-corrected chi connectivity index (χ4v) is 1.30. The van der Waals surface area contributed by atoms with Crippen molar-refractivity contribution in [3.05, 3.63) is 30.4 Å². The monoisotopic (exact) mass is 222 g/mol. The summed E-state index contributed by atoms with van der Waals surface area (Å²) in [4.78, 5) is 0. The van der Waals surface area contributed by atoms with E-state index in [0.717, 1.165) is 6.39 Å². The van der Waals surface area contributed by atoms with Crippen LogP contribution < -0.4 is 4.74 Å². The average Bonchev–Trinajstić information content (AvgIpc) is 2.73. The molecule has 2 aromatic rings. The summed E-state index contributed by atoms with van der Waals surface area (Å²) in [5.41, 5.74) is 0.246. The smallest absolute Gasteiger partial charge is 0.250 e. The fraction of sp³-hybridized carbons (Fsp3) is 0.273. The minimum atomic E-state index is -0.416. The summed E-state index contributed by atoms with van der Waals surface area (Å²) in [6.45, 7) is 3.80. The molecular weight excluding hydrogens is 211 g/mol. The van der Waals surface area contributed by atoms with Gasteiger partial charge in [0, 0.05) is 0 Å². The zero-order valence-corrected chi connectivity index (χ0v) is 8.98. The van der Waals surface area contributed by atoms with Crippen molar-refractivity contribution in [2.45, 2.75) is 20.0 Å². The third-order valence-electron chi connectivity index (χ3n) is 1.90. The summed E-state index contributed by atoms with van der Waals surface area (Å²) in [7, 11) is 0. The molecule has 0 saturated heterocycles. The summed E-state index contributed by atoms with van der Waals surface area (Å²) in [5.74, 6) is 0.302. The maximum atomic E-state index is 13.5. The molecule has 84 valence electrons. The summed E-state index contributed by atoms with van der Waals surface area (Å²) < 4.78 is 23.9. The van der Waals surface area contributed by atoms with Gasteiger partial charge in [0.2, 0.25) is 6.39 Å². The molecule has 0 unspecified atom stereocenters. The molecule has 1 heterocycles. The molecule has 0 saturated carbocycles. The van der Waals surface area contributed by atoms with Gasteiger partial charge in [0.05, 0.1) is 11.7 Å². The highest BCUT2D eigenvalue weighted by atomic mass is 19.1. The van der Waals surface area contributed by atoms with Crippen LogP contribution in [0.4, 0.5) is 4.39 Å². The van der Waals surface area contributed by atoms with Crippen molar-refractivity contribution < 1.29 is 13.5 Å². The quantitative estimate of drug-likeness (QED) is 0.801. The molecule has 0 bridgehead atoms. The predicted molar refractivity (Wildman–Crippen MR) is 55.5 cm³/mol. The van der Waals surface area contributed by atoms with Crippen LogP contribution in [0.2, 0.25) is 0 Å². The number of halogens is 1. The summed E-state index contributed by atoms with van der Waals surface area (Å²) in [6.07, 6.45) is 1.19. The molecule has 0 N–H and O–H groups in total.